The Hall–Kier alpha value is -8.26. The van der Waals surface area contributed by atoms with Crippen molar-refractivity contribution in [3.8, 4) is 44.5 Å². The zero-order chi connectivity index (χ0) is 41.7. The number of rotatable bonds is 7. The fraction of sp³-hybridized carbons (Fsp3) is 0. The summed E-state index contributed by atoms with van der Waals surface area (Å²) in [6.07, 6.45) is 0. The molecule has 63 heavy (non-hydrogen) atoms. The van der Waals surface area contributed by atoms with Crippen molar-refractivity contribution in [3.05, 3.63) is 249 Å². The molecule has 0 fully saturated rings. The highest BCUT2D eigenvalue weighted by atomic mass is 15.1. The van der Waals surface area contributed by atoms with Crippen LogP contribution in [0.3, 0.4) is 0 Å². The predicted octanol–water partition coefficient (Wildman–Crippen LogP) is 17.6. The highest BCUT2D eigenvalue weighted by Gasteiger charge is 2.23. The van der Waals surface area contributed by atoms with E-state index in [0.717, 1.165) is 17.1 Å². The summed E-state index contributed by atoms with van der Waals surface area (Å²) in [7, 11) is 0. The van der Waals surface area contributed by atoms with Crippen LogP contribution in [0, 0.1) is 0 Å². The van der Waals surface area contributed by atoms with Gasteiger partial charge in [-0.2, -0.15) is 0 Å². The normalized spacial score (nSPS) is 11.5. The van der Waals surface area contributed by atoms with Crippen LogP contribution < -0.4 is 4.90 Å². The third-order valence-electron chi connectivity index (χ3n) is 12.8. The molecule has 0 spiro atoms. The van der Waals surface area contributed by atoms with Gasteiger partial charge in [0.15, 0.2) is 0 Å². The third kappa shape index (κ3) is 6.17. The summed E-state index contributed by atoms with van der Waals surface area (Å²) in [5.41, 5.74) is 13.2. The maximum Gasteiger partial charge on any atom is 0.0540 e. The summed E-state index contributed by atoms with van der Waals surface area (Å²) in [6.45, 7) is 0. The van der Waals surface area contributed by atoms with Crippen LogP contribution in [0.15, 0.2) is 249 Å². The standard InChI is InChI=1S/C62H41N/c1-5-20-43(21-6-1)55-41-56(44-22-7-2-8-23-44)61-54-39-38-46(40-57(54)51-31-15-16-32-53(51)62(61)60(55)45-25-9-3-10-26-45)48-33-18-35-52-50(48)34-19-37-59(52)63(47-28-11-4-12-29-47)58-36-17-27-42-24-13-14-30-49(42)58/h1-41H. The first-order valence-corrected chi connectivity index (χ1v) is 21.8. The molecule has 12 aromatic rings. The Morgan fingerprint density at radius 2 is 0.746 bits per heavy atom. The van der Waals surface area contributed by atoms with Crippen molar-refractivity contribution in [2.45, 2.75) is 0 Å². The minimum absolute atomic E-state index is 1.12. The molecule has 0 N–H and O–H groups in total. The fourth-order valence-electron chi connectivity index (χ4n) is 10.0. The van der Waals surface area contributed by atoms with E-state index in [-0.39, 0.29) is 0 Å². The van der Waals surface area contributed by atoms with E-state index in [1.165, 1.54) is 98.4 Å². The van der Waals surface area contributed by atoms with E-state index in [0.29, 0.717) is 0 Å². The van der Waals surface area contributed by atoms with Crippen LogP contribution in [0.5, 0.6) is 0 Å². The number of anilines is 3. The van der Waals surface area contributed by atoms with Crippen molar-refractivity contribution in [1.82, 2.24) is 0 Å². The lowest BCUT2D eigenvalue weighted by Crippen LogP contribution is -2.11. The maximum absolute atomic E-state index is 2.44. The minimum atomic E-state index is 1.12. The molecule has 0 aliphatic rings. The molecule has 1 nitrogen and oxygen atoms in total. The number of para-hydroxylation sites is 1. The molecule has 294 valence electrons. The quantitative estimate of drug-likeness (QED) is 0.145. The van der Waals surface area contributed by atoms with Gasteiger partial charge in [-0.05, 0) is 124 Å². The van der Waals surface area contributed by atoms with Crippen molar-refractivity contribution in [2.24, 2.45) is 0 Å². The van der Waals surface area contributed by atoms with Crippen LogP contribution in [-0.2, 0) is 0 Å². The zero-order valence-electron chi connectivity index (χ0n) is 34.6. The average molecular weight is 800 g/mol. The van der Waals surface area contributed by atoms with Crippen molar-refractivity contribution in [3.63, 3.8) is 0 Å². The van der Waals surface area contributed by atoms with Crippen LogP contribution in [0.1, 0.15) is 0 Å². The van der Waals surface area contributed by atoms with E-state index in [1.807, 2.05) is 0 Å². The van der Waals surface area contributed by atoms with Gasteiger partial charge >= 0.3 is 0 Å². The van der Waals surface area contributed by atoms with Crippen LogP contribution in [-0.4, -0.2) is 0 Å². The molecule has 0 radical (unpaired) electrons. The lowest BCUT2D eigenvalue weighted by atomic mass is 9.81. The molecule has 0 saturated carbocycles. The summed E-state index contributed by atoms with van der Waals surface area (Å²) in [4.78, 5) is 2.42. The molecule has 0 amide bonds. The van der Waals surface area contributed by atoms with E-state index in [2.05, 4.69) is 254 Å². The Morgan fingerprint density at radius 3 is 1.48 bits per heavy atom. The SMILES string of the molecule is c1ccc(-c2cc(-c3ccccc3)c3c4ccc(-c5cccc6c(N(c7ccccc7)c7cccc8ccccc78)cccc56)cc4c4ccccc4c3c2-c2ccccc2)cc1. The van der Waals surface area contributed by atoms with Crippen molar-refractivity contribution < 1.29 is 0 Å². The predicted molar refractivity (Wildman–Crippen MR) is 270 cm³/mol. The van der Waals surface area contributed by atoms with Crippen molar-refractivity contribution >= 4 is 70.9 Å². The topological polar surface area (TPSA) is 3.24 Å². The molecule has 1 heteroatoms. The van der Waals surface area contributed by atoms with Gasteiger partial charge in [0.2, 0.25) is 0 Å². The average Bonchev–Trinajstić information content (AvgIpc) is 3.37. The second-order valence-electron chi connectivity index (χ2n) is 16.3. The minimum Gasteiger partial charge on any atom is -0.309 e. The Labute approximate surface area is 367 Å². The van der Waals surface area contributed by atoms with Gasteiger partial charge in [-0.1, -0.05) is 212 Å². The maximum atomic E-state index is 2.44. The molecule has 0 unspecified atom stereocenters. The molecule has 12 rings (SSSR count). The molecule has 0 saturated heterocycles. The highest BCUT2D eigenvalue weighted by Crippen LogP contribution is 2.50. The molecule has 0 aliphatic heterocycles. The van der Waals surface area contributed by atoms with Gasteiger partial charge in [-0.3, -0.25) is 0 Å². The Balaban J connectivity index is 1.14. The highest BCUT2D eigenvalue weighted by molar-refractivity contribution is 6.33. The number of nitrogens with zero attached hydrogens (tertiary/aromatic N) is 1. The third-order valence-corrected chi connectivity index (χ3v) is 12.8. The molecule has 0 bridgehead atoms. The molecular weight excluding hydrogens is 759 g/mol. The number of hydrogen-bond donors (Lipinski definition) is 0. The summed E-state index contributed by atoms with van der Waals surface area (Å²) < 4.78 is 0. The second kappa shape index (κ2) is 15.3. The Bertz CT molecular complexity index is 3650. The smallest absolute Gasteiger partial charge is 0.0540 e. The van der Waals surface area contributed by atoms with Crippen molar-refractivity contribution in [1.29, 1.82) is 0 Å². The van der Waals surface area contributed by atoms with E-state index in [1.54, 1.807) is 0 Å². The number of benzene rings is 12. The monoisotopic (exact) mass is 799 g/mol. The van der Waals surface area contributed by atoms with Gasteiger partial charge < -0.3 is 4.90 Å². The molecule has 12 aromatic carbocycles. The van der Waals surface area contributed by atoms with Crippen LogP contribution in [0.25, 0.3) is 98.4 Å². The Morgan fingerprint density at radius 1 is 0.238 bits per heavy atom. The summed E-state index contributed by atoms with van der Waals surface area (Å²) >= 11 is 0. The lowest BCUT2D eigenvalue weighted by molar-refractivity contribution is 1.31. The van der Waals surface area contributed by atoms with Crippen LogP contribution >= 0.6 is 0 Å². The molecule has 0 atom stereocenters. The van der Waals surface area contributed by atoms with E-state index in [9.17, 15) is 0 Å². The second-order valence-corrected chi connectivity index (χ2v) is 16.3. The molecular formula is C62H41N. The van der Waals surface area contributed by atoms with E-state index < -0.39 is 0 Å². The number of hydrogen-bond acceptors (Lipinski definition) is 1. The first-order valence-electron chi connectivity index (χ1n) is 21.8. The molecule has 0 aliphatic carbocycles. The number of fused-ring (bicyclic) bond motifs is 8. The van der Waals surface area contributed by atoms with Crippen molar-refractivity contribution in [2.75, 3.05) is 4.90 Å². The summed E-state index contributed by atoms with van der Waals surface area (Å²) in [5.74, 6) is 0. The zero-order valence-corrected chi connectivity index (χ0v) is 34.6. The van der Waals surface area contributed by atoms with Crippen LogP contribution in [0.2, 0.25) is 0 Å². The van der Waals surface area contributed by atoms with Gasteiger partial charge in [-0.15, -0.1) is 0 Å². The molecule has 0 aromatic heterocycles. The van der Waals surface area contributed by atoms with Gasteiger partial charge in [0, 0.05) is 16.5 Å². The van der Waals surface area contributed by atoms with E-state index in [4.69, 9.17) is 0 Å². The Kier molecular flexibility index (Phi) is 8.90. The van der Waals surface area contributed by atoms with Gasteiger partial charge in [0.25, 0.3) is 0 Å². The summed E-state index contributed by atoms with van der Waals surface area (Å²) in [6, 6.07) is 91.0. The largest absolute Gasteiger partial charge is 0.309 e. The first-order chi connectivity index (χ1) is 31.3. The van der Waals surface area contributed by atoms with Crippen LogP contribution in [0.4, 0.5) is 17.1 Å². The molecule has 0 heterocycles. The fourth-order valence-corrected chi connectivity index (χ4v) is 10.0. The lowest BCUT2D eigenvalue weighted by Gasteiger charge is -2.28. The first kappa shape index (κ1) is 36.6. The van der Waals surface area contributed by atoms with Gasteiger partial charge in [-0.25, -0.2) is 0 Å². The summed E-state index contributed by atoms with van der Waals surface area (Å²) in [5, 5.41) is 12.4. The van der Waals surface area contributed by atoms with Gasteiger partial charge in [0.05, 0.1) is 11.4 Å². The van der Waals surface area contributed by atoms with E-state index >= 15 is 0 Å². The van der Waals surface area contributed by atoms with Gasteiger partial charge in [0.1, 0.15) is 0 Å².